The zero-order valence-electron chi connectivity index (χ0n) is 80.2. The molecule has 0 radical (unpaired) electrons. The van der Waals surface area contributed by atoms with Crippen molar-refractivity contribution in [2.75, 3.05) is 0 Å². The number of rotatable bonds is 15. The van der Waals surface area contributed by atoms with E-state index in [1.165, 1.54) is 0 Å². The van der Waals surface area contributed by atoms with Crippen LogP contribution in [0.3, 0.4) is 0 Å². The van der Waals surface area contributed by atoms with E-state index in [4.69, 9.17) is 71.4 Å². The molecule has 21 aromatic carbocycles. The third kappa shape index (κ3) is 16.1. The fourth-order valence-electron chi connectivity index (χ4n) is 20.8. The molecule has 0 amide bonds. The molecular formula is C135H81N9O6. The first-order valence-corrected chi connectivity index (χ1v) is 49.8. The van der Waals surface area contributed by atoms with E-state index in [2.05, 4.69) is 218 Å². The summed E-state index contributed by atoms with van der Waals surface area (Å²) in [5.74, 6) is 5.69. The van der Waals surface area contributed by atoms with Gasteiger partial charge in [0.2, 0.25) is 0 Å². The third-order valence-corrected chi connectivity index (χ3v) is 28.0. The van der Waals surface area contributed by atoms with E-state index in [1.807, 2.05) is 273 Å². The van der Waals surface area contributed by atoms with Crippen molar-refractivity contribution in [3.8, 4) is 169 Å². The van der Waals surface area contributed by atoms with E-state index in [9.17, 15) is 0 Å². The lowest BCUT2D eigenvalue weighted by Crippen LogP contribution is -2.00. The van der Waals surface area contributed by atoms with Crippen molar-refractivity contribution in [2.45, 2.75) is 0 Å². The molecule has 0 saturated carbocycles. The zero-order valence-corrected chi connectivity index (χ0v) is 80.2. The number of nitrogens with zero attached hydrogens (tertiary/aromatic N) is 9. The van der Waals surface area contributed by atoms with Crippen LogP contribution in [-0.2, 0) is 0 Å². The van der Waals surface area contributed by atoms with Crippen molar-refractivity contribution in [3.05, 3.63) is 491 Å². The Morgan fingerprint density at radius 1 is 0.107 bits per heavy atom. The summed E-state index contributed by atoms with van der Waals surface area (Å²) in [6.07, 6.45) is 0. The van der Waals surface area contributed by atoms with E-state index < -0.39 is 0 Å². The second-order valence-electron chi connectivity index (χ2n) is 37.2. The fourth-order valence-corrected chi connectivity index (χ4v) is 20.8. The lowest BCUT2D eigenvalue weighted by Gasteiger charge is -2.09. The highest BCUT2D eigenvalue weighted by Crippen LogP contribution is 2.48. The molecular weight excluding hydrogens is 1840 g/mol. The van der Waals surface area contributed by atoms with Crippen molar-refractivity contribution < 1.29 is 26.5 Å². The molecule has 30 aromatic rings. The number of aromatic nitrogens is 9. The van der Waals surface area contributed by atoms with Gasteiger partial charge >= 0.3 is 0 Å². The maximum Gasteiger partial charge on any atom is 0.164 e. The van der Waals surface area contributed by atoms with Crippen LogP contribution in [0.15, 0.2) is 518 Å². The first kappa shape index (κ1) is 87.3. The summed E-state index contributed by atoms with van der Waals surface area (Å²) in [6, 6.07) is 167. The van der Waals surface area contributed by atoms with E-state index >= 15 is 0 Å². The number of hydrogen-bond acceptors (Lipinski definition) is 15. The maximum atomic E-state index is 6.53. The van der Waals surface area contributed by atoms with Crippen LogP contribution in [0, 0.1) is 0 Å². The van der Waals surface area contributed by atoms with Gasteiger partial charge in [-0.3, -0.25) is 0 Å². The highest BCUT2D eigenvalue weighted by atomic mass is 16.3. The van der Waals surface area contributed by atoms with E-state index in [1.54, 1.807) is 0 Å². The van der Waals surface area contributed by atoms with Gasteiger partial charge in [-0.15, -0.1) is 0 Å². The molecule has 0 fully saturated rings. The molecule has 0 saturated heterocycles. The van der Waals surface area contributed by atoms with Crippen molar-refractivity contribution in [2.24, 2.45) is 0 Å². The SMILES string of the molecule is c1ccc(-c2nc(-c3ccccc3)nc(-c3cccc(-c4ccc5c(c4)oc4cccc(-c6ccc7c(c6)oc6ccccc67)c45)c3)n2)cc1.c1ccc(-c2nc(-c3ccccc3)nc(-c3cccc(-c4ccc5c(c4)oc4cccc(-c6ccc7oc8ccccc8c7c6)c45)c3)n2)cc1.c1ccc(-c2nc(-c3ccccc3)nc(-c3cccc(-c4ccc5c(c4)oc4cccc(-c6cccc7c6oc6ccccc67)c45)c3)n2)cc1. The average Bonchev–Trinajstić information content (AvgIpc) is 1.59. The predicted molar refractivity (Wildman–Crippen MR) is 605 cm³/mol. The summed E-state index contributed by atoms with van der Waals surface area (Å²) < 4.78 is 38.3. The molecule has 0 unspecified atom stereocenters. The molecule has 0 aliphatic carbocycles. The van der Waals surface area contributed by atoms with Crippen molar-refractivity contribution in [1.29, 1.82) is 0 Å². The zero-order chi connectivity index (χ0) is 99.1. The van der Waals surface area contributed by atoms with Crippen LogP contribution in [0.25, 0.3) is 301 Å². The largest absolute Gasteiger partial charge is 0.456 e. The highest BCUT2D eigenvalue weighted by molar-refractivity contribution is 6.20. The standard InChI is InChI=1S/3C45H27N3O2/c1-3-12-28(13-4-1)43-46-44(29-14-5-2-6-15-29)48-45(47-43)32-17-9-16-30(26-32)31-24-25-37-40(27-31)49-39-23-11-19-34(41(37)39)36-21-10-20-35-33-18-7-8-22-38(33)50-42(35)36;1-3-11-28(12-4-1)43-46-44(29-13-5-2-6-14-29)48-45(47-43)33-16-9-15-30(25-33)31-21-24-37-41(26-31)50-39-20-10-18-34(42(37)39)32-22-23-36-35-17-7-8-19-38(35)49-40(36)27-32;1-3-11-28(12-4-1)43-46-44(29-13-5-2-6-14-29)48-45(47-43)33-16-9-15-30(25-33)31-21-23-36-41(27-31)50-40-20-10-18-34(42(36)40)32-22-24-39-37(26-32)35-17-7-8-19-38(35)49-39/h3*1-27H. The molecule has 702 valence electrons. The smallest absolute Gasteiger partial charge is 0.164 e. The summed E-state index contributed by atoms with van der Waals surface area (Å²) in [7, 11) is 0. The normalized spacial score (nSPS) is 11.6. The summed E-state index contributed by atoms with van der Waals surface area (Å²) in [5, 5.41) is 13.1. The van der Waals surface area contributed by atoms with Gasteiger partial charge in [0.15, 0.2) is 52.4 Å². The van der Waals surface area contributed by atoms with Crippen LogP contribution in [0.2, 0.25) is 0 Å². The van der Waals surface area contributed by atoms with Crippen molar-refractivity contribution >= 4 is 132 Å². The van der Waals surface area contributed by atoms with Crippen LogP contribution < -0.4 is 0 Å². The minimum Gasteiger partial charge on any atom is -0.456 e. The minimum atomic E-state index is 0.619. The first-order valence-electron chi connectivity index (χ1n) is 49.8. The van der Waals surface area contributed by atoms with Crippen LogP contribution in [-0.4, -0.2) is 44.9 Å². The van der Waals surface area contributed by atoms with Gasteiger partial charge in [0, 0.05) is 120 Å². The quantitative estimate of drug-likeness (QED) is 0.0939. The van der Waals surface area contributed by atoms with Gasteiger partial charge in [-0.25, -0.2) is 44.9 Å². The van der Waals surface area contributed by atoms with Crippen LogP contribution in [0.1, 0.15) is 0 Å². The predicted octanol–water partition coefficient (Wildman–Crippen LogP) is 36.0. The molecule has 0 N–H and O–H groups in total. The lowest BCUT2D eigenvalue weighted by atomic mass is 9.96. The van der Waals surface area contributed by atoms with Gasteiger partial charge in [-0.2, -0.15) is 0 Å². The lowest BCUT2D eigenvalue weighted by molar-refractivity contribution is 0.668. The number of hydrogen-bond donors (Lipinski definition) is 0. The van der Waals surface area contributed by atoms with Gasteiger partial charge in [-0.1, -0.05) is 376 Å². The third-order valence-electron chi connectivity index (χ3n) is 28.0. The van der Waals surface area contributed by atoms with Crippen molar-refractivity contribution in [1.82, 2.24) is 44.9 Å². The molecule has 0 aliphatic heterocycles. The second kappa shape index (κ2) is 37.0. The Morgan fingerprint density at radius 3 is 0.720 bits per heavy atom. The van der Waals surface area contributed by atoms with E-state index in [0.29, 0.717) is 52.4 Å². The minimum absolute atomic E-state index is 0.619. The molecule has 30 rings (SSSR count). The van der Waals surface area contributed by atoms with Gasteiger partial charge in [0.05, 0.1) is 0 Å². The Hall–Kier alpha value is -20.6. The first-order chi connectivity index (χ1) is 74.3. The monoisotopic (exact) mass is 1920 g/mol. The molecule has 0 spiro atoms. The molecule has 9 heterocycles. The summed E-state index contributed by atoms with van der Waals surface area (Å²) in [5.41, 5.74) is 31.6. The van der Waals surface area contributed by atoms with Crippen molar-refractivity contribution in [3.63, 3.8) is 0 Å². The Morgan fingerprint density at radius 2 is 0.327 bits per heavy atom. The van der Waals surface area contributed by atoms with Crippen LogP contribution >= 0.6 is 0 Å². The maximum absolute atomic E-state index is 6.53. The molecule has 0 bridgehead atoms. The van der Waals surface area contributed by atoms with E-state index in [-0.39, 0.29) is 0 Å². The second-order valence-corrected chi connectivity index (χ2v) is 37.2. The van der Waals surface area contributed by atoms with Gasteiger partial charge in [0.25, 0.3) is 0 Å². The van der Waals surface area contributed by atoms with Crippen LogP contribution in [0.5, 0.6) is 0 Å². The fraction of sp³-hybridized carbons (Fsp3) is 0. The topological polar surface area (TPSA) is 195 Å². The number of benzene rings is 21. The molecule has 15 heteroatoms. The molecule has 9 aromatic heterocycles. The number of furan rings is 6. The molecule has 0 aliphatic rings. The van der Waals surface area contributed by atoms with E-state index in [0.717, 1.165) is 248 Å². The average molecular weight is 1930 g/mol. The molecule has 15 nitrogen and oxygen atoms in total. The summed E-state index contributed by atoms with van der Waals surface area (Å²) >= 11 is 0. The summed E-state index contributed by atoms with van der Waals surface area (Å²) in [4.78, 5) is 44.2. The van der Waals surface area contributed by atoms with Gasteiger partial charge in [0.1, 0.15) is 67.0 Å². The highest BCUT2D eigenvalue weighted by Gasteiger charge is 2.25. The number of para-hydroxylation sites is 4. The Bertz CT molecular complexity index is 10300. The van der Waals surface area contributed by atoms with Gasteiger partial charge < -0.3 is 26.5 Å². The molecule has 150 heavy (non-hydrogen) atoms. The number of fused-ring (bicyclic) bond motifs is 18. The molecule has 0 atom stereocenters. The Balaban J connectivity index is 0.000000108. The van der Waals surface area contributed by atoms with Gasteiger partial charge in [-0.05, 0) is 176 Å². The Labute approximate surface area is 857 Å². The van der Waals surface area contributed by atoms with Crippen LogP contribution in [0.4, 0.5) is 0 Å². The Kier molecular flexibility index (Phi) is 21.5. The summed E-state index contributed by atoms with van der Waals surface area (Å²) in [6.45, 7) is 0.